The second kappa shape index (κ2) is 6.95. The highest BCUT2D eigenvalue weighted by Crippen LogP contribution is 2.26. The molecule has 0 radical (unpaired) electrons. The molecule has 0 aliphatic carbocycles. The quantitative estimate of drug-likeness (QED) is 0.564. The molecule has 3 aromatic rings. The number of benzene rings is 1. The van der Waals surface area contributed by atoms with E-state index in [2.05, 4.69) is 20.3 Å². The molecular weight excluding hydrogens is 332 g/mol. The normalized spacial score (nSPS) is 11.8. The number of halogens is 2. The average Bonchev–Trinajstić information content (AvgIpc) is 2.63. The second-order valence-electron chi connectivity index (χ2n) is 5.06. The van der Waals surface area contributed by atoms with Gasteiger partial charge in [-0.1, -0.05) is 12.1 Å². The number of hydrogen-bond donors (Lipinski definition) is 1. The smallest absolute Gasteiger partial charge is 0.305 e. The van der Waals surface area contributed by atoms with Crippen LogP contribution < -0.4 is 5.32 Å². The van der Waals surface area contributed by atoms with E-state index >= 15 is 0 Å². The van der Waals surface area contributed by atoms with Crippen molar-refractivity contribution >= 4 is 11.6 Å². The summed E-state index contributed by atoms with van der Waals surface area (Å²) < 4.78 is 26.8. The number of hydrogen-bond acceptors (Lipinski definition) is 6. The maximum Gasteiger partial charge on any atom is 0.305 e. The molecule has 0 aliphatic rings. The highest BCUT2D eigenvalue weighted by atomic mass is 19.2. The third-order valence-corrected chi connectivity index (χ3v) is 3.42. The molecule has 3 rings (SSSR count). The van der Waals surface area contributed by atoms with Crippen molar-refractivity contribution < 1.29 is 13.7 Å². The van der Waals surface area contributed by atoms with E-state index in [4.69, 9.17) is 0 Å². The van der Waals surface area contributed by atoms with Crippen molar-refractivity contribution in [1.82, 2.24) is 15.0 Å². The number of pyridine rings is 1. The van der Waals surface area contributed by atoms with Gasteiger partial charge in [-0.2, -0.15) is 0 Å². The summed E-state index contributed by atoms with van der Waals surface area (Å²) >= 11 is 0. The van der Waals surface area contributed by atoms with Gasteiger partial charge in [-0.05, 0) is 29.3 Å². The molecule has 1 N–H and O–H groups in total. The number of rotatable bonds is 5. The van der Waals surface area contributed by atoms with E-state index in [1.165, 1.54) is 6.07 Å². The standard InChI is InChI=1S/C16H11F2N5O2/c17-13-4-3-10(6-14(13)18)15(11-2-1-5-19-7-11)22-16-20-8-12(9-21-16)23(24)25/h1-9,15H,(H,20,21,22). The van der Waals surface area contributed by atoms with Crippen LogP contribution in [0.4, 0.5) is 20.4 Å². The molecule has 1 aromatic carbocycles. The van der Waals surface area contributed by atoms with Crippen LogP contribution in [0.1, 0.15) is 17.2 Å². The Morgan fingerprint density at radius 1 is 1.04 bits per heavy atom. The lowest BCUT2D eigenvalue weighted by molar-refractivity contribution is -0.385. The van der Waals surface area contributed by atoms with Gasteiger partial charge in [0, 0.05) is 12.4 Å². The molecule has 0 saturated carbocycles. The van der Waals surface area contributed by atoms with E-state index in [-0.39, 0.29) is 11.6 Å². The summed E-state index contributed by atoms with van der Waals surface area (Å²) in [5, 5.41) is 13.6. The van der Waals surface area contributed by atoms with Gasteiger partial charge in [-0.3, -0.25) is 15.1 Å². The predicted octanol–water partition coefficient (Wildman–Crippen LogP) is 3.26. The van der Waals surface area contributed by atoms with Crippen LogP contribution in [0, 0.1) is 21.7 Å². The molecule has 1 unspecified atom stereocenters. The van der Waals surface area contributed by atoms with E-state index in [0.29, 0.717) is 11.1 Å². The van der Waals surface area contributed by atoms with Gasteiger partial charge in [0.15, 0.2) is 11.6 Å². The molecule has 2 heterocycles. The number of nitro groups is 1. The Balaban J connectivity index is 1.96. The van der Waals surface area contributed by atoms with Crippen LogP contribution >= 0.6 is 0 Å². The Kier molecular flexibility index (Phi) is 4.55. The van der Waals surface area contributed by atoms with Crippen LogP contribution in [-0.2, 0) is 0 Å². The molecule has 9 heteroatoms. The topological polar surface area (TPSA) is 93.8 Å². The summed E-state index contributed by atoms with van der Waals surface area (Å²) in [6.07, 6.45) is 5.25. The number of nitrogens with zero attached hydrogens (tertiary/aromatic N) is 4. The Morgan fingerprint density at radius 3 is 2.40 bits per heavy atom. The minimum atomic E-state index is -0.988. The van der Waals surface area contributed by atoms with E-state index in [1.54, 1.807) is 24.5 Å². The summed E-state index contributed by atoms with van der Waals surface area (Å²) in [6.45, 7) is 0. The predicted molar refractivity (Wildman–Crippen MR) is 84.7 cm³/mol. The van der Waals surface area contributed by atoms with Crippen LogP contribution in [0.5, 0.6) is 0 Å². The Morgan fingerprint density at radius 2 is 1.80 bits per heavy atom. The fourth-order valence-electron chi connectivity index (χ4n) is 2.22. The molecule has 0 bridgehead atoms. The minimum absolute atomic E-state index is 0.101. The van der Waals surface area contributed by atoms with Crippen LogP contribution in [-0.4, -0.2) is 19.9 Å². The average molecular weight is 343 g/mol. The SMILES string of the molecule is O=[N+]([O-])c1cnc(NC(c2cccnc2)c2ccc(F)c(F)c2)nc1. The summed E-state index contributed by atoms with van der Waals surface area (Å²) in [6, 6.07) is 6.33. The van der Waals surface area contributed by atoms with Crippen molar-refractivity contribution in [3.63, 3.8) is 0 Å². The lowest BCUT2D eigenvalue weighted by atomic mass is 10.00. The fourth-order valence-corrected chi connectivity index (χ4v) is 2.22. The van der Waals surface area contributed by atoms with Crippen LogP contribution in [0.15, 0.2) is 55.1 Å². The number of nitrogens with one attached hydrogen (secondary N) is 1. The monoisotopic (exact) mass is 343 g/mol. The van der Waals surface area contributed by atoms with Crippen LogP contribution in [0.2, 0.25) is 0 Å². The van der Waals surface area contributed by atoms with Gasteiger partial charge in [-0.25, -0.2) is 18.7 Å². The van der Waals surface area contributed by atoms with Gasteiger partial charge in [0.05, 0.1) is 11.0 Å². The fraction of sp³-hybridized carbons (Fsp3) is 0.0625. The largest absolute Gasteiger partial charge is 0.343 e. The molecule has 0 fully saturated rings. The van der Waals surface area contributed by atoms with Gasteiger partial charge in [-0.15, -0.1) is 0 Å². The van der Waals surface area contributed by atoms with E-state index in [0.717, 1.165) is 24.5 Å². The first-order valence-corrected chi connectivity index (χ1v) is 7.12. The zero-order valence-electron chi connectivity index (χ0n) is 12.6. The molecule has 1 atom stereocenters. The van der Waals surface area contributed by atoms with Gasteiger partial charge in [0.25, 0.3) is 0 Å². The Labute approximate surface area is 140 Å². The van der Waals surface area contributed by atoms with Gasteiger partial charge < -0.3 is 5.32 Å². The molecule has 0 spiro atoms. The van der Waals surface area contributed by atoms with Crippen LogP contribution in [0.25, 0.3) is 0 Å². The molecule has 0 aliphatic heterocycles. The maximum atomic E-state index is 13.6. The summed E-state index contributed by atoms with van der Waals surface area (Å²) in [5.74, 6) is -1.85. The van der Waals surface area contributed by atoms with Gasteiger partial charge >= 0.3 is 5.69 Å². The molecular formula is C16H11F2N5O2. The second-order valence-corrected chi connectivity index (χ2v) is 5.06. The van der Waals surface area contributed by atoms with E-state index in [9.17, 15) is 18.9 Å². The Bertz CT molecular complexity index is 891. The zero-order valence-corrected chi connectivity index (χ0v) is 12.6. The van der Waals surface area contributed by atoms with Crippen molar-refractivity contribution in [3.05, 3.63) is 88.0 Å². The summed E-state index contributed by atoms with van der Waals surface area (Å²) in [4.78, 5) is 21.8. The zero-order chi connectivity index (χ0) is 17.8. The first-order valence-electron chi connectivity index (χ1n) is 7.12. The lowest BCUT2D eigenvalue weighted by Gasteiger charge is -2.19. The molecule has 126 valence electrons. The van der Waals surface area contributed by atoms with E-state index in [1.807, 2.05) is 0 Å². The first kappa shape index (κ1) is 16.4. The molecule has 7 nitrogen and oxygen atoms in total. The highest BCUT2D eigenvalue weighted by Gasteiger charge is 2.18. The number of anilines is 1. The first-order chi connectivity index (χ1) is 12.0. The molecule has 0 saturated heterocycles. The maximum absolute atomic E-state index is 13.6. The highest BCUT2D eigenvalue weighted by molar-refractivity contribution is 5.41. The third kappa shape index (κ3) is 3.71. The Hall–Kier alpha value is -3.49. The number of aromatic nitrogens is 3. The molecule has 2 aromatic heterocycles. The van der Waals surface area contributed by atoms with Crippen molar-refractivity contribution in [3.8, 4) is 0 Å². The van der Waals surface area contributed by atoms with E-state index < -0.39 is 22.6 Å². The lowest BCUT2D eigenvalue weighted by Crippen LogP contribution is -2.15. The van der Waals surface area contributed by atoms with Gasteiger partial charge in [0.1, 0.15) is 12.4 Å². The van der Waals surface area contributed by atoms with Crippen molar-refractivity contribution in [2.45, 2.75) is 6.04 Å². The van der Waals surface area contributed by atoms with Crippen molar-refractivity contribution in [2.24, 2.45) is 0 Å². The van der Waals surface area contributed by atoms with Crippen molar-refractivity contribution in [1.29, 1.82) is 0 Å². The molecule has 25 heavy (non-hydrogen) atoms. The van der Waals surface area contributed by atoms with Crippen molar-refractivity contribution in [2.75, 3.05) is 5.32 Å². The molecule has 0 amide bonds. The minimum Gasteiger partial charge on any atom is -0.343 e. The summed E-state index contributed by atoms with van der Waals surface area (Å²) in [5.41, 5.74) is 0.834. The third-order valence-electron chi connectivity index (χ3n) is 3.42. The van der Waals surface area contributed by atoms with Crippen LogP contribution in [0.3, 0.4) is 0 Å². The van der Waals surface area contributed by atoms with Gasteiger partial charge in [0.2, 0.25) is 5.95 Å². The summed E-state index contributed by atoms with van der Waals surface area (Å²) in [7, 11) is 0.